The third-order valence-electron chi connectivity index (χ3n) is 3.69. The van der Waals surface area contributed by atoms with Gasteiger partial charge in [0.05, 0.1) is 0 Å². The molecule has 1 fully saturated rings. The standard InChI is InChI=1S/C13H26N2O/c1-4-15(10(2)3)13(16)9-11-7-5-6-8-12(11)14/h10-12H,4-9,14H2,1-3H3. The summed E-state index contributed by atoms with van der Waals surface area (Å²) in [4.78, 5) is 14.0. The number of amides is 1. The summed E-state index contributed by atoms with van der Waals surface area (Å²) >= 11 is 0. The number of hydrogen-bond acceptors (Lipinski definition) is 2. The van der Waals surface area contributed by atoms with Crippen molar-refractivity contribution in [2.45, 2.75) is 65.0 Å². The third-order valence-corrected chi connectivity index (χ3v) is 3.69. The molecule has 0 heterocycles. The Hall–Kier alpha value is -0.570. The molecule has 2 unspecified atom stereocenters. The molecule has 1 aliphatic carbocycles. The third kappa shape index (κ3) is 3.48. The molecule has 1 aliphatic rings. The van der Waals surface area contributed by atoms with Crippen LogP contribution in [0.4, 0.5) is 0 Å². The normalized spacial score (nSPS) is 25.8. The van der Waals surface area contributed by atoms with Crippen LogP contribution in [0.1, 0.15) is 52.9 Å². The van der Waals surface area contributed by atoms with Gasteiger partial charge in [-0.05, 0) is 39.5 Å². The second-order valence-corrected chi connectivity index (χ2v) is 5.19. The number of nitrogens with two attached hydrogens (primary N) is 1. The number of hydrogen-bond donors (Lipinski definition) is 1. The fourth-order valence-electron chi connectivity index (χ4n) is 2.66. The second kappa shape index (κ2) is 6.24. The fourth-order valence-corrected chi connectivity index (χ4v) is 2.66. The molecule has 2 N–H and O–H groups in total. The molecule has 0 aromatic heterocycles. The van der Waals surface area contributed by atoms with E-state index in [9.17, 15) is 4.79 Å². The molecule has 0 saturated heterocycles. The first kappa shape index (κ1) is 13.5. The molecular formula is C13H26N2O. The van der Waals surface area contributed by atoms with Crippen molar-refractivity contribution >= 4 is 5.91 Å². The molecule has 3 heteroatoms. The van der Waals surface area contributed by atoms with Gasteiger partial charge in [-0.2, -0.15) is 0 Å². The minimum absolute atomic E-state index is 0.239. The Morgan fingerprint density at radius 3 is 2.50 bits per heavy atom. The summed E-state index contributed by atoms with van der Waals surface area (Å²) in [5.41, 5.74) is 6.07. The van der Waals surface area contributed by atoms with Crippen LogP contribution in [0.3, 0.4) is 0 Å². The summed E-state index contributed by atoms with van der Waals surface area (Å²) in [6, 6.07) is 0.542. The quantitative estimate of drug-likeness (QED) is 0.798. The van der Waals surface area contributed by atoms with Gasteiger partial charge in [-0.3, -0.25) is 4.79 Å². The molecule has 1 saturated carbocycles. The van der Waals surface area contributed by atoms with E-state index in [0.29, 0.717) is 18.4 Å². The highest BCUT2D eigenvalue weighted by molar-refractivity contribution is 5.76. The van der Waals surface area contributed by atoms with E-state index < -0.39 is 0 Å². The largest absolute Gasteiger partial charge is 0.341 e. The lowest BCUT2D eigenvalue weighted by atomic mass is 9.82. The van der Waals surface area contributed by atoms with Crippen molar-refractivity contribution in [1.82, 2.24) is 4.90 Å². The zero-order chi connectivity index (χ0) is 12.1. The van der Waals surface area contributed by atoms with Crippen LogP contribution in [0.5, 0.6) is 0 Å². The van der Waals surface area contributed by atoms with Gasteiger partial charge < -0.3 is 10.6 Å². The second-order valence-electron chi connectivity index (χ2n) is 5.19. The molecule has 1 amide bonds. The highest BCUT2D eigenvalue weighted by atomic mass is 16.2. The minimum atomic E-state index is 0.239. The Balaban J connectivity index is 2.48. The van der Waals surface area contributed by atoms with E-state index in [1.54, 1.807) is 0 Å². The number of rotatable bonds is 4. The van der Waals surface area contributed by atoms with Crippen LogP contribution in [0, 0.1) is 5.92 Å². The lowest BCUT2D eigenvalue weighted by molar-refractivity contribution is -0.134. The topological polar surface area (TPSA) is 46.3 Å². The zero-order valence-electron chi connectivity index (χ0n) is 10.9. The number of carbonyl (C=O) groups excluding carboxylic acids is 1. The molecule has 1 rings (SSSR count). The highest BCUT2D eigenvalue weighted by Gasteiger charge is 2.26. The molecule has 0 bridgehead atoms. The van der Waals surface area contributed by atoms with Crippen LogP contribution in [-0.4, -0.2) is 29.4 Å². The molecule has 0 aliphatic heterocycles. The van der Waals surface area contributed by atoms with E-state index in [-0.39, 0.29) is 11.9 Å². The van der Waals surface area contributed by atoms with Gasteiger partial charge in [-0.25, -0.2) is 0 Å². The van der Waals surface area contributed by atoms with Crippen LogP contribution in [-0.2, 0) is 4.79 Å². The average Bonchev–Trinajstić information content (AvgIpc) is 2.22. The van der Waals surface area contributed by atoms with Gasteiger partial charge in [-0.1, -0.05) is 12.8 Å². The van der Waals surface area contributed by atoms with Crippen LogP contribution in [0.2, 0.25) is 0 Å². The van der Waals surface area contributed by atoms with Gasteiger partial charge in [-0.15, -0.1) is 0 Å². The maximum absolute atomic E-state index is 12.1. The molecule has 0 aromatic rings. The van der Waals surface area contributed by atoms with E-state index in [1.165, 1.54) is 12.8 Å². The van der Waals surface area contributed by atoms with E-state index in [4.69, 9.17) is 5.73 Å². The molecule has 0 spiro atoms. The van der Waals surface area contributed by atoms with Crippen LogP contribution in [0.15, 0.2) is 0 Å². The van der Waals surface area contributed by atoms with E-state index in [0.717, 1.165) is 19.4 Å². The summed E-state index contributed by atoms with van der Waals surface area (Å²) in [6.45, 7) is 6.99. The summed E-state index contributed by atoms with van der Waals surface area (Å²) in [5, 5.41) is 0. The van der Waals surface area contributed by atoms with Crippen molar-refractivity contribution < 1.29 is 4.79 Å². The molecular weight excluding hydrogens is 200 g/mol. The van der Waals surface area contributed by atoms with Crippen molar-refractivity contribution in [2.75, 3.05) is 6.54 Å². The predicted molar refractivity (Wildman–Crippen MR) is 67.1 cm³/mol. The summed E-state index contributed by atoms with van der Waals surface area (Å²) < 4.78 is 0. The van der Waals surface area contributed by atoms with Gasteiger partial charge in [0, 0.05) is 25.0 Å². The Bertz CT molecular complexity index is 228. The van der Waals surface area contributed by atoms with Gasteiger partial charge in [0.25, 0.3) is 0 Å². The van der Waals surface area contributed by atoms with Crippen molar-refractivity contribution in [3.8, 4) is 0 Å². The first-order chi connectivity index (χ1) is 7.56. The maximum Gasteiger partial charge on any atom is 0.223 e. The van der Waals surface area contributed by atoms with Crippen molar-refractivity contribution in [3.63, 3.8) is 0 Å². The monoisotopic (exact) mass is 226 g/mol. The molecule has 0 aromatic carbocycles. The van der Waals surface area contributed by atoms with Crippen LogP contribution >= 0.6 is 0 Å². The fraction of sp³-hybridized carbons (Fsp3) is 0.923. The van der Waals surface area contributed by atoms with Crippen molar-refractivity contribution in [3.05, 3.63) is 0 Å². The van der Waals surface area contributed by atoms with E-state index >= 15 is 0 Å². The van der Waals surface area contributed by atoms with Gasteiger partial charge in [0.1, 0.15) is 0 Å². The van der Waals surface area contributed by atoms with Crippen LogP contribution < -0.4 is 5.73 Å². The first-order valence-corrected chi connectivity index (χ1v) is 6.61. The van der Waals surface area contributed by atoms with Crippen molar-refractivity contribution in [2.24, 2.45) is 11.7 Å². The smallest absolute Gasteiger partial charge is 0.223 e. The Morgan fingerprint density at radius 1 is 1.38 bits per heavy atom. The Labute approximate surface area is 99.4 Å². The number of carbonyl (C=O) groups is 1. The Morgan fingerprint density at radius 2 is 2.00 bits per heavy atom. The molecule has 16 heavy (non-hydrogen) atoms. The van der Waals surface area contributed by atoms with Gasteiger partial charge in [0.15, 0.2) is 0 Å². The van der Waals surface area contributed by atoms with E-state index in [2.05, 4.69) is 13.8 Å². The average molecular weight is 226 g/mol. The van der Waals surface area contributed by atoms with Crippen molar-refractivity contribution in [1.29, 1.82) is 0 Å². The summed E-state index contributed by atoms with van der Waals surface area (Å²) in [5.74, 6) is 0.689. The molecule has 0 radical (unpaired) electrons. The lowest BCUT2D eigenvalue weighted by Gasteiger charge is -2.31. The van der Waals surface area contributed by atoms with E-state index in [1.807, 2.05) is 11.8 Å². The predicted octanol–water partition coefficient (Wildman–Crippen LogP) is 2.15. The zero-order valence-corrected chi connectivity index (χ0v) is 10.9. The SMILES string of the molecule is CCN(C(=O)CC1CCCCC1N)C(C)C. The van der Waals surface area contributed by atoms with Gasteiger partial charge >= 0.3 is 0 Å². The molecule has 94 valence electrons. The summed E-state index contributed by atoms with van der Waals surface area (Å²) in [7, 11) is 0. The highest BCUT2D eigenvalue weighted by Crippen LogP contribution is 2.26. The number of nitrogens with zero attached hydrogens (tertiary/aromatic N) is 1. The maximum atomic E-state index is 12.1. The first-order valence-electron chi connectivity index (χ1n) is 6.61. The molecule has 3 nitrogen and oxygen atoms in total. The molecule has 2 atom stereocenters. The lowest BCUT2D eigenvalue weighted by Crippen LogP contribution is -2.41. The van der Waals surface area contributed by atoms with Gasteiger partial charge in [0.2, 0.25) is 5.91 Å². The summed E-state index contributed by atoms with van der Waals surface area (Å²) in [6.07, 6.45) is 5.33. The minimum Gasteiger partial charge on any atom is -0.341 e. The van der Waals surface area contributed by atoms with Crippen LogP contribution in [0.25, 0.3) is 0 Å². The Kier molecular flexibility index (Phi) is 5.26.